The molecular weight excluding hydrogens is 348 g/mol. The van der Waals surface area contributed by atoms with E-state index in [2.05, 4.69) is 24.3 Å². The van der Waals surface area contributed by atoms with Gasteiger partial charge in [0.05, 0.1) is 25.3 Å². The van der Waals surface area contributed by atoms with E-state index in [1.54, 1.807) is 14.2 Å². The number of ether oxygens (including phenoxy) is 2. The Labute approximate surface area is 162 Å². The Morgan fingerprint density at radius 3 is 2.14 bits per heavy atom. The standard InChI is InChI=1S/C24H18N2O2/c1-27-17-9-7-15(8-10-17)23-19-14-18(28-2)11-12-22(19)26-24-20(23)13-16-5-3-4-6-21(16)25-24/h3-14H,1-2H3. The van der Waals surface area contributed by atoms with Crippen molar-refractivity contribution in [3.8, 4) is 22.6 Å². The predicted octanol–water partition coefficient (Wildman–Crippen LogP) is 5.62. The maximum Gasteiger partial charge on any atom is 0.161 e. The number of benzene rings is 3. The van der Waals surface area contributed by atoms with E-state index in [-0.39, 0.29) is 0 Å². The van der Waals surface area contributed by atoms with Crippen LogP contribution in [0, 0.1) is 0 Å². The summed E-state index contributed by atoms with van der Waals surface area (Å²) >= 11 is 0. The highest BCUT2D eigenvalue weighted by atomic mass is 16.5. The van der Waals surface area contributed by atoms with Crippen LogP contribution in [0.3, 0.4) is 0 Å². The maximum absolute atomic E-state index is 5.47. The second-order valence-corrected chi connectivity index (χ2v) is 6.65. The Hall–Kier alpha value is -3.66. The monoisotopic (exact) mass is 366 g/mol. The molecule has 0 unspecified atom stereocenters. The van der Waals surface area contributed by atoms with Crippen molar-refractivity contribution >= 4 is 32.8 Å². The number of hydrogen-bond acceptors (Lipinski definition) is 4. The van der Waals surface area contributed by atoms with Crippen molar-refractivity contribution < 1.29 is 9.47 Å². The minimum Gasteiger partial charge on any atom is -0.497 e. The third-order valence-electron chi connectivity index (χ3n) is 5.05. The van der Waals surface area contributed by atoms with E-state index >= 15 is 0 Å². The Balaban J connectivity index is 1.93. The summed E-state index contributed by atoms with van der Waals surface area (Å²) in [5.74, 6) is 1.63. The van der Waals surface area contributed by atoms with Gasteiger partial charge in [-0.05, 0) is 48.0 Å². The zero-order valence-electron chi connectivity index (χ0n) is 15.6. The van der Waals surface area contributed by atoms with Crippen LogP contribution in [0.1, 0.15) is 0 Å². The van der Waals surface area contributed by atoms with Crippen molar-refractivity contribution in [3.63, 3.8) is 0 Å². The van der Waals surface area contributed by atoms with Gasteiger partial charge >= 0.3 is 0 Å². The lowest BCUT2D eigenvalue weighted by Gasteiger charge is -2.13. The van der Waals surface area contributed by atoms with Crippen molar-refractivity contribution in [2.24, 2.45) is 0 Å². The van der Waals surface area contributed by atoms with Gasteiger partial charge < -0.3 is 9.47 Å². The molecule has 5 rings (SSSR count). The number of fused-ring (bicyclic) bond motifs is 3. The molecule has 3 aromatic carbocycles. The molecule has 0 N–H and O–H groups in total. The van der Waals surface area contributed by atoms with Gasteiger partial charge in [0, 0.05) is 21.7 Å². The molecule has 0 saturated carbocycles. The molecule has 0 aliphatic heterocycles. The van der Waals surface area contributed by atoms with Crippen LogP contribution in [0.5, 0.6) is 11.5 Å². The summed E-state index contributed by atoms with van der Waals surface area (Å²) < 4.78 is 10.8. The number of hydrogen-bond donors (Lipinski definition) is 0. The second-order valence-electron chi connectivity index (χ2n) is 6.65. The van der Waals surface area contributed by atoms with Gasteiger partial charge in [-0.15, -0.1) is 0 Å². The molecule has 0 aliphatic carbocycles. The van der Waals surface area contributed by atoms with Gasteiger partial charge in [0.15, 0.2) is 5.65 Å². The molecule has 0 fully saturated rings. The third kappa shape index (κ3) is 2.62. The lowest BCUT2D eigenvalue weighted by Crippen LogP contribution is -1.93. The van der Waals surface area contributed by atoms with E-state index in [1.807, 2.05) is 48.5 Å². The Bertz CT molecular complexity index is 1330. The molecule has 136 valence electrons. The summed E-state index contributed by atoms with van der Waals surface area (Å²) in [5, 5.41) is 3.15. The molecule has 2 heterocycles. The van der Waals surface area contributed by atoms with Gasteiger partial charge in [0.25, 0.3) is 0 Å². The number of pyridine rings is 2. The SMILES string of the molecule is COc1ccc(-c2c3cc(OC)ccc3nc3nc4ccccc4cc23)cc1. The Morgan fingerprint density at radius 2 is 1.36 bits per heavy atom. The van der Waals surface area contributed by atoms with Crippen LogP contribution >= 0.6 is 0 Å². The normalized spacial score (nSPS) is 11.2. The first-order valence-electron chi connectivity index (χ1n) is 9.08. The fraction of sp³-hybridized carbons (Fsp3) is 0.0833. The summed E-state index contributed by atoms with van der Waals surface area (Å²) in [6.45, 7) is 0. The smallest absolute Gasteiger partial charge is 0.161 e. The molecule has 0 bridgehead atoms. The van der Waals surface area contributed by atoms with Crippen molar-refractivity contribution in [3.05, 3.63) is 72.8 Å². The maximum atomic E-state index is 5.47. The summed E-state index contributed by atoms with van der Waals surface area (Å²) in [7, 11) is 3.35. The fourth-order valence-electron chi connectivity index (χ4n) is 3.64. The highest BCUT2D eigenvalue weighted by Crippen LogP contribution is 2.37. The van der Waals surface area contributed by atoms with E-state index in [9.17, 15) is 0 Å². The number of methoxy groups -OCH3 is 2. The van der Waals surface area contributed by atoms with Crippen molar-refractivity contribution in [2.45, 2.75) is 0 Å². The fourth-order valence-corrected chi connectivity index (χ4v) is 3.64. The van der Waals surface area contributed by atoms with Gasteiger partial charge in [0.1, 0.15) is 11.5 Å². The van der Waals surface area contributed by atoms with Crippen molar-refractivity contribution in [2.75, 3.05) is 14.2 Å². The highest BCUT2D eigenvalue weighted by Gasteiger charge is 2.14. The molecular formula is C24H18N2O2. The molecule has 4 nitrogen and oxygen atoms in total. The van der Waals surface area contributed by atoms with Gasteiger partial charge in [-0.2, -0.15) is 0 Å². The van der Waals surface area contributed by atoms with Gasteiger partial charge in [-0.3, -0.25) is 0 Å². The lowest BCUT2D eigenvalue weighted by molar-refractivity contribution is 0.415. The predicted molar refractivity (Wildman–Crippen MR) is 113 cm³/mol. The van der Waals surface area contributed by atoms with Crippen LogP contribution < -0.4 is 9.47 Å². The van der Waals surface area contributed by atoms with Crippen LogP contribution in [0.4, 0.5) is 0 Å². The first-order valence-corrected chi connectivity index (χ1v) is 9.08. The van der Waals surface area contributed by atoms with Crippen molar-refractivity contribution in [1.29, 1.82) is 0 Å². The lowest BCUT2D eigenvalue weighted by atomic mass is 9.96. The molecule has 4 heteroatoms. The summed E-state index contributed by atoms with van der Waals surface area (Å²) in [6.07, 6.45) is 0. The van der Waals surface area contributed by atoms with E-state index in [1.165, 1.54) is 0 Å². The highest BCUT2D eigenvalue weighted by molar-refractivity contribution is 6.11. The molecule has 0 amide bonds. The largest absolute Gasteiger partial charge is 0.497 e. The summed E-state index contributed by atoms with van der Waals surface area (Å²) in [5.41, 5.74) is 4.75. The van der Waals surface area contributed by atoms with Crippen LogP contribution in [0.2, 0.25) is 0 Å². The summed E-state index contributed by atoms with van der Waals surface area (Å²) in [6, 6.07) is 24.3. The van der Waals surface area contributed by atoms with Gasteiger partial charge in [0.2, 0.25) is 0 Å². The first kappa shape index (κ1) is 16.5. The van der Waals surface area contributed by atoms with Crippen LogP contribution in [0.25, 0.3) is 44.0 Å². The van der Waals surface area contributed by atoms with Crippen LogP contribution in [0.15, 0.2) is 72.8 Å². The van der Waals surface area contributed by atoms with Crippen LogP contribution in [-0.4, -0.2) is 24.2 Å². The van der Waals surface area contributed by atoms with E-state index in [0.29, 0.717) is 0 Å². The van der Waals surface area contributed by atoms with Crippen molar-refractivity contribution in [1.82, 2.24) is 9.97 Å². The molecule has 0 spiro atoms. The molecule has 28 heavy (non-hydrogen) atoms. The summed E-state index contributed by atoms with van der Waals surface area (Å²) in [4.78, 5) is 9.65. The first-order chi connectivity index (χ1) is 13.8. The molecule has 5 aromatic rings. The number of para-hydroxylation sites is 1. The Kier molecular flexibility index (Phi) is 3.83. The average Bonchev–Trinajstić information content (AvgIpc) is 2.76. The van der Waals surface area contributed by atoms with Crippen LogP contribution in [-0.2, 0) is 0 Å². The minimum atomic E-state index is 0.738. The van der Waals surface area contributed by atoms with E-state index < -0.39 is 0 Å². The zero-order valence-corrected chi connectivity index (χ0v) is 15.6. The minimum absolute atomic E-state index is 0.738. The van der Waals surface area contributed by atoms with E-state index in [4.69, 9.17) is 19.4 Å². The Morgan fingerprint density at radius 1 is 0.643 bits per heavy atom. The van der Waals surface area contributed by atoms with E-state index in [0.717, 1.165) is 55.5 Å². The van der Waals surface area contributed by atoms with Gasteiger partial charge in [-0.1, -0.05) is 30.3 Å². The zero-order chi connectivity index (χ0) is 19.1. The molecule has 2 aromatic heterocycles. The topological polar surface area (TPSA) is 44.2 Å². The second kappa shape index (κ2) is 6.50. The third-order valence-corrected chi connectivity index (χ3v) is 5.05. The number of nitrogens with zero attached hydrogens (tertiary/aromatic N) is 2. The molecule has 0 aliphatic rings. The molecule has 0 atom stereocenters. The average molecular weight is 366 g/mol. The quantitative estimate of drug-likeness (QED) is 0.389. The molecule has 0 radical (unpaired) electrons. The number of aromatic nitrogens is 2. The number of rotatable bonds is 3. The van der Waals surface area contributed by atoms with Gasteiger partial charge in [-0.25, -0.2) is 9.97 Å². The molecule has 0 saturated heterocycles.